The van der Waals surface area contributed by atoms with Crippen molar-refractivity contribution in [1.29, 1.82) is 0 Å². The van der Waals surface area contributed by atoms with Crippen LogP contribution in [0, 0.1) is 0 Å². The largest absolute Gasteiger partial charge is 0.444 e. The summed E-state index contributed by atoms with van der Waals surface area (Å²) in [6.45, 7) is 13.5. The van der Waals surface area contributed by atoms with E-state index in [-0.39, 0.29) is 12.2 Å². The van der Waals surface area contributed by atoms with Gasteiger partial charge >= 0.3 is 6.09 Å². The van der Waals surface area contributed by atoms with E-state index in [2.05, 4.69) is 15.2 Å². The molecular formula is C17H34N4O3. The van der Waals surface area contributed by atoms with Gasteiger partial charge in [-0.1, -0.05) is 6.92 Å². The highest BCUT2D eigenvalue weighted by molar-refractivity contribution is 5.80. The van der Waals surface area contributed by atoms with Crippen molar-refractivity contribution < 1.29 is 14.6 Å². The summed E-state index contributed by atoms with van der Waals surface area (Å²) < 4.78 is 5.45. The number of amides is 1. The molecule has 7 nitrogen and oxygen atoms in total. The fourth-order valence-corrected chi connectivity index (χ4v) is 2.53. The van der Waals surface area contributed by atoms with Crippen molar-refractivity contribution in [3.8, 4) is 0 Å². The Bertz CT molecular complexity index is 421. The maximum absolute atomic E-state index is 12.2. The zero-order valence-corrected chi connectivity index (χ0v) is 15.8. The van der Waals surface area contributed by atoms with E-state index in [4.69, 9.17) is 4.74 Å². The lowest BCUT2D eigenvalue weighted by Crippen LogP contribution is -2.42. The lowest BCUT2D eigenvalue weighted by atomic mass is 10.2. The Morgan fingerprint density at radius 1 is 1.38 bits per heavy atom. The van der Waals surface area contributed by atoms with Gasteiger partial charge in [-0.15, -0.1) is 0 Å². The highest BCUT2D eigenvalue weighted by Gasteiger charge is 2.24. The van der Waals surface area contributed by atoms with Crippen LogP contribution in [0.1, 0.15) is 47.5 Å². The standard InChI is InChI=1S/C17H34N4O3/c1-6-10-20(16(23)24-17(3,4)5)12-9-19-15(18-7-2)21-11-8-14(22)13-21/h14,22H,6-13H2,1-5H3,(H,18,19)/t14-/m1/s1. The Morgan fingerprint density at radius 2 is 2.08 bits per heavy atom. The van der Waals surface area contributed by atoms with Crippen LogP contribution in [0.25, 0.3) is 0 Å². The van der Waals surface area contributed by atoms with E-state index in [1.807, 2.05) is 34.6 Å². The van der Waals surface area contributed by atoms with Gasteiger partial charge in [0, 0.05) is 32.7 Å². The molecule has 0 aromatic rings. The number of carbonyl (C=O) groups is 1. The predicted molar refractivity (Wildman–Crippen MR) is 96.3 cm³/mol. The van der Waals surface area contributed by atoms with E-state index >= 15 is 0 Å². The number of guanidine groups is 1. The van der Waals surface area contributed by atoms with Gasteiger partial charge in [-0.25, -0.2) is 4.79 Å². The van der Waals surface area contributed by atoms with E-state index in [1.165, 1.54) is 0 Å². The molecular weight excluding hydrogens is 308 g/mol. The second kappa shape index (κ2) is 9.71. The maximum Gasteiger partial charge on any atom is 0.410 e. The van der Waals surface area contributed by atoms with Crippen molar-refractivity contribution in [1.82, 2.24) is 15.1 Å². The molecule has 0 unspecified atom stereocenters. The number of nitrogens with zero attached hydrogens (tertiary/aromatic N) is 3. The van der Waals surface area contributed by atoms with E-state index < -0.39 is 5.60 Å². The molecule has 0 aromatic carbocycles. The van der Waals surface area contributed by atoms with Crippen molar-refractivity contribution >= 4 is 12.1 Å². The lowest BCUT2D eigenvalue weighted by molar-refractivity contribution is 0.0256. The maximum atomic E-state index is 12.2. The van der Waals surface area contributed by atoms with Crippen LogP contribution in [-0.4, -0.2) is 77.9 Å². The van der Waals surface area contributed by atoms with Crippen LogP contribution in [-0.2, 0) is 4.74 Å². The van der Waals surface area contributed by atoms with Crippen molar-refractivity contribution in [3.05, 3.63) is 0 Å². The molecule has 0 bridgehead atoms. The highest BCUT2D eigenvalue weighted by atomic mass is 16.6. The number of aliphatic hydroxyl groups excluding tert-OH is 1. The average Bonchev–Trinajstić information content (AvgIpc) is 2.90. The molecule has 1 saturated heterocycles. The summed E-state index contributed by atoms with van der Waals surface area (Å²) >= 11 is 0. The molecule has 1 fully saturated rings. The van der Waals surface area contributed by atoms with Gasteiger partial charge in [0.2, 0.25) is 0 Å². The van der Waals surface area contributed by atoms with E-state index in [9.17, 15) is 9.90 Å². The fraction of sp³-hybridized carbons (Fsp3) is 0.882. The number of carbonyl (C=O) groups excluding carboxylic acids is 1. The third-order valence-electron chi connectivity index (χ3n) is 3.57. The summed E-state index contributed by atoms with van der Waals surface area (Å²) in [5, 5.41) is 12.9. The molecule has 0 spiro atoms. The number of hydrogen-bond donors (Lipinski definition) is 2. The highest BCUT2D eigenvalue weighted by Crippen LogP contribution is 2.11. The number of ether oxygens (including phenoxy) is 1. The van der Waals surface area contributed by atoms with E-state index in [1.54, 1.807) is 4.90 Å². The minimum Gasteiger partial charge on any atom is -0.444 e. The van der Waals surface area contributed by atoms with Gasteiger partial charge in [-0.3, -0.25) is 4.99 Å². The summed E-state index contributed by atoms with van der Waals surface area (Å²) in [4.78, 5) is 20.6. The van der Waals surface area contributed by atoms with Gasteiger partial charge in [-0.2, -0.15) is 0 Å². The number of aliphatic hydroxyl groups is 1. The molecule has 1 amide bonds. The van der Waals surface area contributed by atoms with Crippen molar-refractivity contribution in [2.75, 3.05) is 39.3 Å². The Balaban J connectivity index is 2.61. The number of rotatable bonds is 6. The minimum absolute atomic E-state index is 0.285. The van der Waals surface area contributed by atoms with Crippen LogP contribution in [0.2, 0.25) is 0 Å². The molecule has 1 aliphatic rings. The molecule has 0 radical (unpaired) electrons. The lowest BCUT2D eigenvalue weighted by Gasteiger charge is -2.27. The molecule has 7 heteroatoms. The van der Waals surface area contributed by atoms with Crippen molar-refractivity contribution in [2.24, 2.45) is 4.99 Å². The third-order valence-corrected chi connectivity index (χ3v) is 3.57. The first-order valence-electron chi connectivity index (χ1n) is 8.96. The van der Waals surface area contributed by atoms with Crippen molar-refractivity contribution in [2.45, 2.75) is 59.2 Å². The predicted octanol–water partition coefficient (Wildman–Crippen LogP) is 1.67. The number of nitrogens with one attached hydrogen (secondary N) is 1. The molecule has 1 rings (SSSR count). The van der Waals surface area contributed by atoms with E-state index in [0.29, 0.717) is 26.2 Å². The van der Waals surface area contributed by atoms with Crippen LogP contribution in [0.5, 0.6) is 0 Å². The van der Waals surface area contributed by atoms with Crippen LogP contribution in [0.15, 0.2) is 4.99 Å². The normalized spacial score (nSPS) is 18.7. The number of likely N-dealkylation sites (tertiary alicyclic amines) is 1. The molecule has 2 N–H and O–H groups in total. The van der Waals surface area contributed by atoms with Crippen molar-refractivity contribution in [3.63, 3.8) is 0 Å². The first kappa shape index (κ1) is 20.5. The van der Waals surface area contributed by atoms with Crippen LogP contribution in [0.4, 0.5) is 4.79 Å². The second-order valence-corrected chi connectivity index (χ2v) is 7.09. The minimum atomic E-state index is -0.493. The van der Waals surface area contributed by atoms with Gasteiger partial charge in [0.1, 0.15) is 5.60 Å². The van der Waals surface area contributed by atoms with E-state index in [0.717, 1.165) is 31.9 Å². The van der Waals surface area contributed by atoms with Gasteiger partial charge in [-0.05, 0) is 40.5 Å². The van der Waals surface area contributed by atoms with Gasteiger partial charge < -0.3 is 25.0 Å². The molecule has 140 valence electrons. The first-order chi connectivity index (χ1) is 11.3. The molecule has 1 aliphatic heterocycles. The Labute approximate surface area is 146 Å². The Hall–Kier alpha value is -1.50. The van der Waals surface area contributed by atoms with Crippen LogP contribution >= 0.6 is 0 Å². The summed E-state index contributed by atoms with van der Waals surface area (Å²) in [7, 11) is 0. The van der Waals surface area contributed by atoms with Crippen LogP contribution < -0.4 is 5.32 Å². The Morgan fingerprint density at radius 3 is 2.58 bits per heavy atom. The molecule has 0 aliphatic carbocycles. The van der Waals surface area contributed by atoms with Gasteiger partial charge in [0.05, 0.1) is 12.6 Å². The second-order valence-electron chi connectivity index (χ2n) is 7.09. The SMILES string of the molecule is CCCN(CCN=C(NCC)N1CC[C@@H](O)C1)C(=O)OC(C)(C)C. The molecule has 1 heterocycles. The smallest absolute Gasteiger partial charge is 0.410 e. The van der Waals surface area contributed by atoms with Crippen LogP contribution in [0.3, 0.4) is 0 Å². The zero-order valence-electron chi connectivity index (χ0n) is 15.8. The third kappa shape index (κ3) is 7.38. The average molecular weight is 342 g/mol. The fourth-order valence-electron chi connectivity index (χ4n) is 2.53. The number of hydrogen-bond acceptors (Lipinski definition) is 4. The zero-order chi connectivity index (χ0) is 18.2. The number of β-amino-alcohol motifs (C(OH)–C–C–N with tert-alkyl or cyclic N) is 1. The Kier molecular flexibility index (Phi) is 8.31. The summed E-state index contributed by atoms with van der Waals surface area (Å²) in [5.74, 6) is 0.801. The molecule has 0 saturated carbocycles. The topological polar surface area (TPSA) is 77.4 Å². The number of aliphatic imine (C=N–C) groups is 1. The first-order valence-corrected chi connectivity index (χ1v) is 8.96. The monoisotopic (exact) mass is 342 g/mol. The molecule has 24 heavy (non-hydrogen) atoms. The van der Waals surface area contributed by atoms with Gasteiger partial charge in [0.15, 0.2) is 5.96 Å². The van der Waals surface area contributed by atoms with Gasteiger partial charge in [0.25, 0.3) is 0 Å². The molecule has 1 atom stereocenters. The summed E-state index contributed by atoms with van der Waals surface area (Å²) in [6, 6.07) is 0. The molecule has 0 aromatic heterocycles. The quantitative estimate of drug-likeness (QED) is 0.567. The summed E-state index contributed by atoms with van der Waals surface area (Å²) in [6.07, 6.45) is 1.07. The summed E-state index contributed by atoms with van der Waals surface area (Å²) in [5.41, 5.74) is -0.493.